The van der Waals surface area contributed by atoms with Crippen LogP contribution in [0.25, 0.3) is 0 Å². The maximum absolute atomic E-state index is 12.9. The zero-order valence-electron chi connectivity index (χ0n) is 13.1. The molecule has 4 rings (SSSR count). The second-order valence-electron chi connectivity index (χ2n) is 6.56. The van der Waals surface area contributed by atoms with Crippen LogP contribution in [0.15, 0.2) is 31.1 Å². The second-order valence-corrected chi connectivity index (χ2v) is 6.56. The quantitative estimate of drug-likeness (QED) is 0.803. The molecule has 3 heterocycles. The fraction of sp³-hybridized carbons (Fsp3) is 0.471. The van der Waals surface area contributed by atoms with E-state index in [1.165, 1.54) is 5.56 Å². The molecule has 118 valence electrons. The summed E-state index contributed by atoms with van der Waals surface area (Å²) >= 11 is 0. The van der Waals surface area contributed by atoms with Crippen molar-refractivity contribution >= 4 is 5.91 Å². The molecular weight excluding hydrogens is 290 g/mol. The molecule has 23 heavy (non-hydrogen) atoms. The van der Waals surface area contributed by atoms with Gasteiger partial charge in [0.15, 0.2) is 0 Å². The van der Waals surface area contributed by atoms with Crippen LogP contribution in [0, 0.1) is 0 Å². The molecule has 0 spiro atoms. The third kappa shape index (κ3) is 2.20. The Labute approximate surface area is 135 Å². The number of nitrogens with zero attached hydrogens (tertiary/aromatic N) is 5. The lowest BCUT2D eigenvalue weighted by Crippen LogP contribution is -2.58. The molecule has 1 amide bonds. The van der Waals surface area contributed by atoms with Gasteiger partial charge in [0.2, 0.25) is 0 Å². The van der Waals surface area contributed by atoms with Crippen molar-refractivity contribution in [2.24, 2.45) is 0 Å². The molecule has 0 N–H and O–H groups in total. The second kappa shape index (κ2) is 5.37. The third-order valence-corrected chi connectivity index (χ3v) is 5.27. The first kappa shape index (κ1) is 14.2. The highest BCUT2D eigenvalue weighted by Gasteiger charge is 2.48. The van der Waals surface area contributed by atoms with Gasteiger partial charge >= 0.3 is 0 Å². The minimum Gasteiger partial charge on any atom is -0.333 e. The topological polar surface area (TPSA) is 71.9 Å². The van der Waals surface area contributed by atoms with E-state index < -0.39 is 0 Å². The highest BCUT2D eigenvalue weighted by molar-refractivity contribution is 5.92. The van der Waals surface area contributed by atoms with Crippen molar-refractivity contribution in [3.63, 3.8) is 0 Å². The Hall–Kier alpha value is -2.37. The van der Waals surface area contributed by atoms with E-state index in [2.05, 4.69) is 26.9 Å². The molecular formula is C17H19N5O. The standard InChI is InChI=1S/C17H19N5O/c1-17-5-2-8-22(16(23)13-10-18-6-7-20-13)14(17)4-3-12-9-19-11-21-15(12)17/h6-7,9-11,14H,2-5,8H2,1H3/t14?,17-/m1/s1. The maximum Gasteiger partial charge on any atom is 0.274 e. The number of carbonyl (C=O) groups excluding carboxylic acids is 1. The van der Waals surface area contributed by atoms with E-state index in [0.29, 0.717) is 5.69 Å². The van der Waals surface area contributed by atoms with Gasteiger partial charge in [-0.3, -0.25) is 9.78 Å². The molecule has 0 saturated carbocycles. The van der Waals surface area contributed by atoms with Crippen LogP contribution in [0.5, 0.6) is 0 Å². The number of amides is 1. The molecule has 6 nitrogen and oxygen atoms in total. The monoisotopic (exact) mass is 309 g/mol. The van der Waals surface area contributed by atoms with Crippen LogP contribution in [0.4, 0.5) is 0 Å². The molecule has 0 aromatic carbocycles. The number of aryl methyl sites for hydroxylation is 1. The number of piperidine rings is 1. The van der Waals surface area contributed by atoms with Gasteiger partial charge in [0.1, 0.15) is 12.0 Å². The minimum absolute atomic E-state index is 0.0217. The zero-order chi connectivity index (χ0) is 15.9. The molecule has 1 fully saturated rings. The fourth-order valence-corrected chi connectivity index (χ4v) is 4.18. The number of aromatic nitrogens is 4. The van der Waals surface area contributed by atoms with E-state index in [1.54, 1.807) is 24.9 Å². The van der Waals surface area contributed by atoms with Gasteiger partial charge in [0.25, 0.3) is 5.91 Å². The number of hydrogen-bond donors (Lipinski definition) is 0. The summed E-state index contributed by atoms with van der Waals surface area (Å²) in [7, 11) is 0. The normalized spacial score (nSPS) is 26.3. The molecule has 0 radical (unpaired) electrons. The Morgan fingerprint density at radius 2 is 2.17 bits per heavy atom. The molecule has 2 atom stereocenters. The average Bonchev–Trinajstić information content (AvgIpc) is 2.61. The van der Waals surface area contributed by atoms with Gasteiger partial charge in [-0.25, -0.2) is 15.0 Å². The van der Waals surface area contributed by atoms with E-state index in [-0.39, 0.29) is 17.4 Å². The number of carbonyl (C=O) groups is 1. The third-order valence-electron chi connectivity index (χ3n) is 5.27. The Morgan fingerprint density at radius 3 is 3.00 bits per heavy atom. The summed E-state index contributed by atoms with van der Waals surface area (Å²) < 4.78 is 0. The maximum atomic E-state index is 12.9. The first-order chi connectivity index (χ1) is 11.2. The first-order valence-corrected chi connectivity index (χ1v) is 8.06. The van der Waals surface area contributed by atoms with Crippen LogP contribution in [0.1, 0.15) is 47.9 Å². The van der Waals surface area contributed by atoms with Crippen LogP contribution >= 0.6 is 0 Å². The van der Waals surface area contributed by atoms with Gasteiger partial charge < -0.3 is 4.90 Å². The van der Waals surface area contributed by atoms with Gasteiger partial charge in [-0.15, -0.1) is 0 Å². The number of rotatable bonds is 1. The zero-order valence-corrected chi connectivity index (χ0v) is 13.1. The smallest absolute Gasteiger partial charge is 0.274 e. The lowest BCUT2D eigenvalue weighted by molar-refractivity contribution is 0.0373. The SMILES string of the molecule is C[C@@]12CCCN(C(=O)c3cnccn3)C1CCc1cncnc12. The largest absolute Gasteiger partial charge is 0.333 e. The van der Waals surface area contributed by atoms with Crippen LogP contribution in [-0.2, 0) is 11.8 Å². The Morgan fingerprint density at radius 1 is 1.26 bits per heavy atom. The van der Waals surface area contributed by atoms with E-state index in [9.17, 15) is 4.79 Å². The summed E-state index contributed by atoms with van der Waals surface area (Å²) in [6.07, 6.45) is 12.1. The highest BCUT2D eigenvalue weighted by Crippen LogP contribution is 2.44. The molecule has 0 bridgehead atoms. The molecule has 1 aliphatic heterocycles. The molecule has 6 heteroatoms. The van der Waals surface area contributed by atoms with Crippen LogP contribution in [0.3, 0.4) is 0 Å². The van der Waals surface area contributed by atoms with E-state index >= 15 is 0 Å². The molecule has 2 aliphatic rings. The summed E-state index contributed by atoms with van der Waals surface area (Å²) in [5.74, 6) is -0.0217. The fourth-order valence-electron chi connectivity index (χ4n) is 4.18. The summed E-state index contributed by atoms with van der Waals surface area (Å²) in [6, 6.07) is 0.160. The number of likely N-dealkylation sites (tertiary alicyclic amines) is 1. The van der Waals surface area contributed by atoms with E-state index in [0.717, 1.165) is 37.9 Å². The minimum atomic E-state index is -0.105. The molecule has 1 unspecified atom stereocenters. The van der Waals surface area contributed by atoms with Gasteiger partial charge in [-0.1, -0.05) is 6.92 Å². The Bertz CT molecular complexity index is 735. The predicted octanol–water partition coefficient (Wildman–Crippen LogP) is 1.78. The van der Waals surface area contributed by atoms with Crippen molar-refractivity contribution in [1.29, 1.82) is 0 Å². The van der Waals surface area contributed by atoms with Crippen LogP contribution in [-0.4, -0.2) is 43.3 Å². The average molecular weight is 309 g/mol. The first-order valence-electron chi connectivity index (χ1n) is 8.06. The van der Waals surface area contributed by atoms with Gasteiger partial charge in [0.05, 0.1) is 11.9 Å². The lowest BCUT2D eigenvalue weighted by Gasteiger charge is -2.50. The molecule has 2 aromatic heterocycles. The van der Waals surface area contributed by atoms with Gasteiger partial charge in [-0.05, 0) is 31.2 Å². The predicted molar refractivity (Wildman–Crippen MR) is 83.8 cm³/mol. The Kier molecular flexibility index (Phi) is 3.32. The molecule has 1 saturated heterocycles. The molecule has 2 aromatic rings. The lowest BCUT2D eigenvalue weighted by atomic mass is 9.65. The van der Waals surface area contributed by atoms with Crippen LogP contribution in [0.2, 0.25) is 0 Å². The van der Waals surface area contributed by atoms with Gasteiger partial charge in [0, 0.05) is 36.6 Å². The number of hydrogen-bond acceptors (Lipinski definition) is 5. The van der Waals surface area contributed by atoms with Crippen molar-refractivity contribution in [3.05, 3.63) is 48.1 Å². The summed E-state index contributed by atoms with van der Waals surface area (Å²) in [6.45, 7) is 3.01. The summed E-state index contributed by atoms with van der Waals surface area (Å²) in [5, 5.41) is 0. The van der Waals surface area contributed by atoms with E-state index in [1.807, 2.05) is 11.1 Å². The van der Waals surface area contributed by atoms with Crippen LogP contribution < -0.4 is 0 Å². The van der Waals surface area contributed by atoms with Crippen molar-refractivity contribution in [3.8, 4) is 0 Å². The van der Waals surface area contributed by atoms with Crippen molar-refractivity contribution in [2.75, 3.05) is 6.54 Å². The van der Waals surface area contributed by atoms with E-state index in [4.69, 9.17) is 0 Å². The Balaban J connectivity index is 1.71. The highest BCUT2D eigenvalue weighted by atomic mass is 16.2. The van der Waals surface area contributed by atoms with Gasteiger partial charge in [-0.2, -0.15) is 0 Å². The summed E-state index contributed by atoms with van der Waals surface area (Å²) in [4.78, 5) is 31.8. The van der Waals surface area contributed by atoms with Crippen molar-refractivity contribution < 1.29 is 4.79 Å². The van der Waals surface area contributed by atoms with Crippen molar-refractivity contribution in [2.45, 2.75) is 44.1 Å². The summed E-state index contributed by atoms with van der Waals surface area (Å²) in [5.41, 5.74) is 2.65. The van der Waals surface area contributed by atoms with Crippen molar-refractivity contribution in [1.82, 2.24) is 24.8 Å². The molecule has 1 aliphatic carbocycles. The number of fused-ring (bicyclic) bond motifs is 3.